The van der Waals surface area contributed by atoms with Gasteiger partial charge < -0.3 is 11.1 Å². The quantitative estimate of drug-likeness (QED) is 0.589. The van der Waals surface area contributed by atoms with E-state index >= 15 is 0 Å². The smallest absolute Gasteiger partial charge is 0.333 e. The number of thiol groups is 1. The van der Waals surface area contributed by atoms with E-state index in [1.807, 2.05) is 0 Å². The molecule has 3 amide bonds. The molecule has 6 heteroatoms. The van der Waals surface area contributed by atoms with Crippen LogP contribution in [0.2, 0.25) is 0 Å². The molecule has 2 aromatic rings. The second kappa shape index (κ2) is 6.32. The van der Waals surface area contributed by atoms with Gasteiger partial charge >= 0.3 is 6.03 Å². The lowest BCUT2D eigenvalue weighted by Gasteiger charge is -2.20. The number of rotatable bonds is 2. The van der Waals surface area contributed by atoms with E-state index in [0.29, 0.717) is 22.0 Å². The first-order chi connectivity index (χ1) is 9.99. The highest BCUT2D eigenvalue weighted by Gasteiger charge is 2.20. The third-order valence-corrected chi connectivity index (χ3v) is 3.20. The van der Waals surface area contributed by atoms with Crippen LogP contribution >= 0.6 is 12.6 Å². The van der Waals surface area contributed by atoms with Gasteiger partial charge in [0.15, 0.2) is 0 Å². The van der Waals surface area contributed by atoms with E-state index < -0.39 is 11.9 Å². The van der Waals surface area contributed by atoms with E-state index in [1.54, 1.807) is 48.5 Å². The number of hydrogen-bond acceptors (Lipinski definition) is 4. The van der Waals surface area contributed by atoms with Crippen LogP contribution in [0, 0.1) is 0 Å². The molecule has 0 saturated heterocycles. The molecule has 0 saturated carbocycles. The predicted octanol–water partition coefficient (Wildman–Crippen LogP) is 3.14. The maximum atomic E-state index is 12.3. The Morgan fingerprint density at radius 2 is 1.71 bits per heavy atom. The Morgan fingerprint density at radius 1 is 1.10 bits per heavy atom. The molecular weight excluding hydrogens is 286 g/mol. The molecule has 0 spiro atoms. The van der Waals surface area contributed by atoms with Crippen LogP contribution in [-0.2, 0) is 4.79 Å². The molecular formula is C15H15N3O2S. The third kappa shape index (κ3) is 3.55. The van der Waals surface area contributed by atoms with Gasteiger partial charge in [0.25, 0.3) is 0 Å². The molecule has 5 nitrogen and oxygen atoms in total. The van der Waals surface area contributed by atoms with Gasteiger partial charge in [-0.2, -0.15) is 0 Å². The van der Waals surface area contributed by atoms with Crippen LogP contribution in [0.3, 0.4) is 0 Å². The Balaban J connectivity index is 2.26. The van der Waals surface area contributed by atoms with Gasteiger partial charge in [-0.1, -0.05) is 12.1 Å². The molecule has 3 N–H and O–H groups in total. The number of nitrogens with two attached hydrogens (primary N) is 1. The fraction of sp³-hybridized carbons (Fsp3) is 0.0667. The van der Waals surface area contributed by atoms with Gasteiger partial charge in [0.2, 0.25) is 5.91 Å². The van der Waals surface area contributed by atoms with Crippen LogP contribution in [0.5, 0.6) is 0 Å². The second-order valence-electron chi connectivity index (χ2n) is 4.39. The molecule has 0 heterocycles. The first-order valence-electron chi connectivity index (χ1n) is 6.24. The number of urea groups is 1. The highest BCUT2D eigenvalue weighted by atomic mass is 32.1. The minimum absolute atomic E-state index is 0.395. The van der Waals surface area contributed by atoms with Crippen molar-refractivity contribution in [3.63, 3.8) is 0 Å². The topological polar surface area (TPSA) is 75.4 Å². The van der Waals surface area contributed by atoms with Crippen molar-refractivity contribution in [2.24, 2.45) is 0 Å². The molecule has 2 aromatic carbocycles. The molecule has 0 bridgehead atoms. The van der Waals surface area contributed by atoms with E-state index in [2.05, 4.69) is 17.9 Å². The third-order valence-electron chi connectivity index (χ3n) is 2.81. The first kappa shape index (κ1) is 14.9. The molecule has 0 aromatic heterocycles. The van der Waals surface area contributed by atoms with Crippen molar-refractivity contribution in [1.82, 2.24) is 0 Å². The van der Waals surface area contributed by atoms with Crippen LogP contribution in [0.4, 0.5) is 21.9 Å². The number of hydrogen-bond donors (Lipinski definition) is 3. The average molecular weight is 301 g/mol. The van der Waals surface area contributed by atoms with Gasteiger partial charge in [0.05, 0.1) is 11.4 Å². The summed E-state index contributed by atoms with van der Waals surface area (Å²) >= 11 is 4.26. The van der Waals surface area contributed by atoms with Crippen molar-refractivity contribution in [3.8, 4) is 0 Å². The molecule has 0 fully saturated rings. The molecule has 108 valence electrons. The van der Waals surface area contributed by atoms with E-state index in [4.69, 9.17) is 5.73 Å². The Kier molecular flexibility index (Phi) is 4.49. The van der Waals surface area contributed by atoms with Crippen LogP contribution in [0.1, 0.15) is 6.92 Å². The number of anilines is 3. The number of benzene rings is 2. The molecule has 0 aliphatic heterocycles. The van der Waals surface area contributed by atoms with Crippen LogP contribution in [0.15, 0.2) is 53.4 Å². The van der Waals surface area contributed by atoms with Crippen molar-refractivity contribution in [2.75, 3.05) is 16.0 Å². The number of nitrogen functional groups attached to an aromatic ring is 1. The van der Waals surface area contributed by atoms with Crippen molar-refractivity contribution in [2.45, 2.75) is 11.8 Å². The second-order valence-corrected chi connectivity index (χ2v) is 4.88. The Bertz CT molecular complexity index is 671. The fourth-order valence-corrected chi connectivity index (χ4v) is 2.03. The van der Waals surface area contributed by atoms with Crippen LogP contribution in [-0.4, -0.2) is 11.9 Å². The van der Waals surface area contributed by atoms with Crippen LogP contribution < -0.4 is 16.0 Å². The molecule has 0 unspecified atom stereocenters. The minimum atomic E-state index is -0.547. The lowest BCUT2D eigenvalue weighted by molar-refractivity contribution is -0.115. The number of para-hydroxylation sites is 1. The summed E-state index contributed by atoms with van der Waals surface area (Å²) < 4.78 is 0. The first-order valence-corrected chi connectivity index (χ1v) is 6.69. The van der Waals surface area contributed by atoms with Gasteiger partial charge in [-0.3, -0.25) is 4.79 Å². The van der Waals surface area contributed by atoms with E-state index in [0.717, 1.165) is 4.90 Å². The SMILES string of the molecule is CC(=O)N(C(=O)Nc1ccccc1S)c1ccc(N)cc1. The van der Waals surface area contributed by atoms with Crippen molar-refractivity contribution >= 4 is 41.6 Å². The monoisotopic (exact) mass is 301 g/mol. The van der Waals surface area contributed by atoms with Crippen LogP contribution in [0.25, 0.3) is 0 Å². The largest absolute Gasteiger partial charge is 0.399 e. The standard InChI is InChI=1S/C15H15N3O2S/c1-10(19)18(12-8-6-11(16)7-9-12)15(20)17-13-4-2-3-5-14(13)21/h2-9,21H,16H2,1H3,(H,17,20). The molecule has 0 radical (unpaired) electrons. The number of carbonyl (C=O) groups is 2. The van der Waals surface area contributed by atoms with E-state index in [1.165, 1.54) is 6.92 Å². The average Bonchev–Trinajstić information content (AvgIpc) is 2.43. The number of imide groups is 1. The van der Waals surface area contributed by atoms with Crippen molar-refractivity contribution in [1.29, 1.82) is 0 Å². The van der Waals surface area contributed by atoms with Gasteiger partial charge in [0.1, 0.15) is 0 Å². The van der Waals surface area contributed by atoms with Crippen molar-refractivity contribution < 1.29 is 9.59 Å². The van der Waals surface area contributed by atoms with E-state index in [9.17, 15) is 9.59 Å². The summed E-state index contributed by atoms with van der Waals surface area (Å²) in [6.07, 6.45) is 0. The summed E-state index contributed by atoms with van der Waals surface area (Å²) in [4.78, 5) is 25.7. The summed E-state index contributed by atoms with van der Waals surface area (Å²) in [5.41, 5.74) is 7.15. The maximum Gasteiger partial charge on any atom is 0.333 e. The van der Waals surface area contributed by atoms with Gasteiger partial charge in [-0.05, 0) is 36.4 Å². The summed E-state index contributed by atoms with van der Waals surface area (Å²) in [6, 6.07) is 13.0. The Morgan fingerprint density at radius 3 is 2.29 bits per heavy atom. The summed E-state index contributed by atoms with van der Waals surface area (Å²) in [7, 11) is 0. The molecule has 21 heavy (non-hydrogen) atoms. The van der Waals surface area contributed by atoms with Gasteiger partial charge in [0, 0.05) is 17.5 Å². The number of nitrogens with zero attached hydrogens (tertiary/aromatic N) is 1. The highest BCUT2D eigenvalue weighted by Crippen LogP contribution is 2.21. The molecule has 0 aliphatic carbocycles. The van der Waals surface area contributed by atoms with Gasteiger partial charge in [-0.15, -0.1) is 12.6 Å². The van der Waals surface area contributed by atoms with Crippen molar-refractivity contribution in [3.05, 3.63) is 48.5 Å². The minimum Gasteiger partial charge on any atom is -0.399 e. The maximum absolute atomic E-state index is 12.3. The molecule has 0 aliphatic rings. The summed E-state index contributed by atoms with van der Waals surface area (Å²) in [5, 5.41) is 2.66. The summed E-state index contributed by atoms with van der Waals surface area (Å²) in [6.45, 7) is 1.32. The van der Waals surface area contributed by atoms with E-state index in [-0.39, 0.29) is 0 Å². The number of amides is 3. The summed E-state index contributed by atoms with van der Waals surface area (Å²) in [5.74, 6) is -0.395. The Labute approximate surface area is 128 Å². The zero-order chi connectivity index (χ0) is 15.4. The van der Waals surface area contributed by atoms with Gasteiger partial charge in [-0.25, -0.2) is 9.69 Å². The lowest BCUT2D eigenvalue weighted by atomic mass is 10.2. The fourth-order valence-electron chi connectivity index (χ4n) is 1.82. The Hall–Kier alpha value is -2.47. The number of nitrogens with one attached hydrogen (secondary N) is 1. The molecule has 2 rings (SSSR count). The number of carbonyl (C=O) groups excluding carboxylic acids is 2. The zero-order valence-corrected chi connectivity index (χ0v) is 12.3. The molecule has 0 atom stereocenters. The zero-order valence-electron chi connectivity index (χ0n) is 11.4. The lowest BCUT2D eigenvalue weighted by Crippen LogP contribution is -2.38. The predicted molar refractivity (Wildman–Crippen MR) is 86.7 cm³/mol. The highest BCUT2D eigenvalue weighted by molar-refractivity contribution is 7.80. The normalized spacial score (nSPS) is 10.0.